The molecule has 0 saturated heterocycles. The van der Waals surface area contributed by atoms with Crippen LogP contribution in [0.1, 0.15) is 18.2 Å². The molecule has 0 saturated carbocycles. The Labute approximate surface area is 200 Å². The number of carbonyl (C=O) groups excluding carboxylic acids is 1. The second kappa shape index (κ2) is 8.71. The van der Waals surface area contributed by atoms with Crippen LogP contribution < -0.4 is 5.32 Å². The number of sulfonamides is 1. The van der Waals surface area contributed by atoms with Crippen molar-refractivity contribution >= 4 is 21.6 Å². The minimum Gasteiger partial charge on any atom is -0.415 e. The molecule has 0 aliphatic carbocycles. The molecule has 1 aliphatic heterocycles. The number of amides is 1. The molecule has 0 radical (unpaired) electrons. The van der Waals surface area contributed by atoms with E-state index in [1.54, 1.807) is 23.9 Å². The van der Waals surface area contributed by atoms with E-state index in [0.717, 1.165) is 5.69 Å². The van der Waals surface area contributed by atoms with Crippen LogP contribution in [0, 0.1) is 5.82 Å². The van der Waals surface area contributed by atoms with Crippen molar-refractivity contribution in [2.75, 3.05) is 11.9 Å². The number of nitrogens with one attached hydrogen (secondary N) is 1. The number of hydrogen-bond acceptors (Lipinski definition) is 7. The van der Waals surface area contributed by atoms with E-state index >= 15 is 0 Å². The number of anilines is 1. The summed E-state index contributed by atoms with van der Waals surface area (Å²) in [5.74, 6) is -0.255. The first-order chi connectivity index (χ1) is 16.7. The molecular weight excluding hydrogens is 475 g/mol. The van der Waals surface area contributed by atoms with Gasteiger partial charge >= 0.3 is 0 Å². The molecule has 3 heterocycles. The zero-order chi connectivity index (χ0) is 24.7. The Morgan fingerprint density at radius 3 is 2.43 bits per heavy atom. The summed E-state index contributed by atoms with van der Waals surface area (Å²) in [5, 5.41) is 15.3. The van der Waals surface area contributed by atoms with E-state index in [2.05, 4.69) is 20.6 Å². The highest BCUT2D eigenvalue weighted by atomic mass is 32.2. The summed E-state index contributed by atoms with van der Waals surface area (Å²) in [4.78, 5) is 11.3. The Balaban J connectivity index is 1.44. The molecule has 0 atom stereocenters. The molecule has 1 amide bonds. The SMILES string of the molecule is CC(=O)Nc1ccc(S(=O)(=O)N2CCc3c(c(-c4nnc(-c5ccc(F)cc5)o4)nn3C)C2)cc1. The van der Waals surface area contributed by atoms with Crippen LogP contribution in [-0.2, 0) is 34.8 Å². The summed E-state index contributed by atoms with van der Waals surface area (Å²) in [6, 6.07) is 11.7. The highest BCUT2D eigenvalue weighted by Gasteiger charge is 2.33. The van der Waals surface area contributed by atoms with Crippen LogP contribution in [0.15, 0.2) is 57.8 Å². The molecule has 1 N–H and O–H groups in total. The third kappa shape index (κ3) is 4.33. The fraction of sp³-hybridized carbons (Fsp3) is 0.217. The minimum absolute atomic E-state index is 0.0859. The van der Waals surface area contributed by atoms with Crippen molar-refractivity contribution in [3.8, 4) is 23.0 Å². The molecule has 1 aliphatic rings. The quantitative estimate of drug-likeness (QED) is 0.451. The molecule has 0 bridgehead atoms. The molecule has 12 heteroatoms. The second-order valence-electron chi connectivity index (χ2n) is 8.11. The molecule has 2 aromatic heterocycles. The highest BCUT2D eigenvalue weighted by molar-refractivity contribution is 7.89. The number of fused-ring (bicyclic) bond motifs is 1. The Morgan fingerprint density at radius 2 is 1.74 bits per heavy atom. The molecule has 0 unspecified atom stereocenters. The maximum atomic E-state index is 13.3. The zero-order valence-electron chi connectivity index (χ0n) is 18.9. The molecule has 10 nitrogen and oxygen atoms in total. The van der Waals surface area contributed by atoms with Crippen molar-refractivity contribution < 1.29 is 22.0 Å². The van der Waals surface area contributed by atoms with E-state index in [-0.39, 0.29) is 41.5 Å². The predicted molar refractivity (Wildman–Crippen MR) is 124 cm³/mol. The largest absolute Gasteiger partial charge is 0.415 e. The van der Waals surface area contributed by atoms with E-state index in [4.69, 9.17) is 4.42 Å². The van der Waals surface area contributed by atoms with E-state index < -0.39 is 10.0 Å². The van der Waals surface area contributed by atoms with Gasteiger partial charge in [-0.15, -0.1) is 10.2 Å². The van der Waals surface area contributed by atoms with Gasteiger partial charge in [-0.3, -0.25) is 9.48 Å². The number of rotatable bonds is 5. The first-order valence-corrected chi connectivity index (χ1v) is 12.2. The maximum Gasteiger partial charge on any atom is 0.268 e. The fourth-order valence-corrected chi connectivity index (χ4v) is 5.44. The normalized spacial score (nSPS) is 14.0. The van der Waals surface area contributed by atoms with E-state index in [1.165, 1.54) is 47.6 Å². The number of carbonyl (C=O) groups is 1. The molecule has 4 aromatic rings. The van der Waals surface area contributed by atoms with Gasteiger partial charge in [0.2, 0.25) is 21.8 Å². The standard InChI is InChI=1S/C23H21FN6O4S/c1-14(31)25-17-7-9-18(10-8-17)35(32,33)30-12-11-20-19(13-30)21(28-29(20)2)23-27-26-22(34-23)15-3-5-16(24)6-4-15/h3-10H,11-13H2,1-2H3,(H,25,31). The van der Waals surface area contributed by atoms with Gasteiger partial charge in [-0.05, 0) is 48.5 Å². The van der Waals surface area contributed by atoms with Gasteiger partial charge in [0.05, 0.1) is 4.90 Å². The average molecular weight is 497 g/mol. The lowest BCUT2D eigenvalue weighted by atomic mass is 10.1. The number of halogens is 1. The van der Waals surface area contributed by atoms with Crippen LogP contribution in [0.25, 0.3) is 23.0 Å². The lowest BCUT2D eigenvalue weighted by Crippen LogP contribution is -2.36. The van der Waals surface area contributed by atoms with Crippen molar-refractivity contribution in [1.29, 1.82) is 0 Å². The maximum absolute atomic E-state index is 13.3. The van der Waals surface area contributed by atoms with Gasteiger partial charge in [-0.2, -0.15) is 9.40 Å². The number of aryl methyl sites for hydroxylation is 1. The number of hydrogen-bond donors (Lipinski definition) is 1. The molecule has 0 spiro atoms. The Bertz CT molecular complexity index is 1510. The zero-order valence-corrected chi connectivity index (χ0v) is 19.7. The summed E-state index contributed by atoms with van der Waals surface area (Å²) in [7, 11) is -2.02. The third-order valence-electron chi connectivity index (χ3n) is 5.74. The van der Waals surface area contributed by atoms with Crippen molar-refractivity contribution in [2.24, 2.45) is 7.05 Å². The molecular formula is C23H21FN6O4S. The van der Waals surface area contributed by atoms with Gasteiger partial charge < -0.3 is 9.73 Å². The summed E-state index contributed by atoms with van der Waals surface area (Å²) >= 11 is 0. The summed E-state index contributed by atoms with van der Waals surface area (Å²) in [6.07, 6.45) is 0.459. The van der Waals surface area contributed by atoms with Crippen molar-refractivity contribution in [2.45, 2.75) is 24.8 Å². The monoisotopic (exact) mass is 496 g/mol. The van der Waals surface area contributed by atoms with Gasteiger partial charge in [-0.1, -0.05) is 0 Å². The smallest absolute Gasteiger partial charge is 0.268 e. The Hall–Kier alpha value is -3.90. The van der Waals surface area contributed by atoms with E-state index in [9.17, 15) is 17.6 Å². The van der Waals surface area contributed by atoms with Crippen LogP contribution in [0.4, 0.5) is 10.1 Å². The van der Waals surface area contributed by atoms with Crippen LogP contribution in [0.3, 0.4) is 0 Å². The number of nitrogens with zero attached hydrogens (tertiary/aromatic N) is 5. The third-order valence-corrected chi connectivity index (χ3v) is 7.60. The van der Waals surface area contributed by atoms with Gasteiger partial charge in [0.1, 0.15) is 5.82 Å². The minimum atomic E-state index is -3.80. The number of aromatic nitrogens is 4. The van der Waals surface area contributed by atoms with Crippen LogP contribution in [0.2, 0.25) is 0 Å². The first kappa shape index (κ1) is 22.9. The van der Waals surface area contributed by atoms with E-state index in [0.29, 0.717) is 28.9 Å². The molecule has 2 aromatic carbocycles. The molecule has 35 heavy (non-hydrogen) atoms. The number of benzene rings is 2. The van der Waals surface area contributed by atoms with Crippen LogP contribution >= 0.6 is 0 Å². The van der Waals surface area contributed by atoms with Crippen molar-refractivity contribution in [1.82, 2.24) is 24.3 Å². The summed E-state index contributed by atoms with van der Waals surface area (Å²) in [5.41, 5.74) is 3.05. The predicted octanol–water partition coefficient (Wildman–Crippen LogP) is 2.98. The summed E-state index contributed by atoms with van der Waals surface area (Å²) < 4.78 is 48.8. The van der Waals surface area contributed by atoms with Crippen molar-refractivity contribution in [3.05, 3.63) is 65.6 Å². The summed E-state index contributed by atoms with van der Waals surface area (Å²) in [6.45, 7) is 1.75. The van der Waals surface area contributed by atoms with Crippen molar-refractivity contribution in [3.63, 3.8) is 0 Å². The molecule has 5 rings (SSSR count). The second-order valence-corrected chi connectivity index (χ2v) is 10.0. The van der Waals surface area contributed by atoms with Crippen LogP contribution in [0.5, 0.6) is 0 Å². The van der Waals surface area contributed by atoms with Crippen LogP contribution in [-0.4, -0.2) is 45.2 Å². The molecule has 0 fully saturated rings. The molecule has 180 valence electrons. The highest BCUT2D eigenvalue weighted by Crippen LogP contribution is 2.33. The average Bonchev–Trinajstić information content (AvgIpc) is 3.44. The lowest BCUT2D eigenvalue weighted by molar-refractivity contribution is -0.114. The fourth-order valence-electron chi connectivity index (χ4n) is 4.04. The topological polar surface area (TPSA) is 123 Å². The lowest BCUT2D eigenvalue weighted by Gasteiger charge is -2.26. The van der Waals surface area contributed by atoms with E-state index in [1.807, 2.05) is 0 Å². The van der Waals surface area contributed by atoms with Gasteiger partial charge in [0, 0.05) is 56.0 Å². The van der Waals surface area contributed by atoms with Gasteiger partial charge in [0.25, 0.3) is 5.89 Å². The Morgan fingerprint density at radius 1 is 1.06 bits per heavy atom. The first-order valence-electron chi connectivity index (χ1n) is 10.7. The van der Waals surface area contributed by atoms with Gasteiger partial charge in [0.15, 0.2) is 5.69 Å². The van der Waals surface area contributed by atoms with Gasteiger partial charge in [-0.25, -0.2) is 12.8 Å². The Kier molecular flexibility index (Phi) is 5.69.